The van der Waals surface area contributed by atoms with Gasteiger partial charge in [0.15, 0.2) is 11.0 Å². The molecule has 1 heterocycles. The standard InChI is InChI=1S/C24H23N5O4S/c1-3-28-22(14-33-21-13-8-17-6-4-5-7-20(17)16(21)2)26-27-24(28)34-15-23(30)25-18-9-11-19(12-10-18)29(31)32/h4-13H,3,14-15H2,1-2H3,(H,25,30). The fourth-order valence-electron chi connectivity index (χ4n) is 3.55. The van der Waals surface area contributed by atoms with E-state index >= 15 is 0 Å². The van der Waals surface area contributed by atoms with Crippen LogP contribution >= 0.6 is 11.8 Å². The van der Waals surface area contributed by atoms with E-state index in [1.807, 2.05) is 42.7 Å². The molecule has 0 radical (unpaired) electrons. The molecule has 4 aromatic rings. The number of aryl methyl sites for hydroxylation is 1. The molecule has 0 bridgehead atoms. The summed E-state index contributed by atoms with van der Waals surface area (Å²) in [5.74, 6) is 1.35. The molecule has 174 valence electrons. The average molecular weight is 478 g/mol. The smallest absolute Gasteiger partial charge is 0.269 e. The number of non-ortho nitro benzene ring substituents is 1. The van der Waals surface area contributed by atoms with Crippen molar-refractivity contribution in [1.29, 1.82) is 0 Å². The molecule has 0 atom stereocenters. The van der Waals surface area contributed by atoms with E-state index < -0.39 is 4.92 Å². The Kier molecular flexibility index (Phi) is 7.07. The molecule has 3 aromatic carbocycles. The van der Waals surface area contributed by atoms with Crippen LogP contribution in [0.4, 0.5) is 11.4 Å². The van der Waals surface area contributed by atoms with Gasteiger partial charge in [-0.1, -0.05) is 42.1 Å². The maximum atomic E-state index is 12.3. The third-order valence-corrected chi connectivity index (χ3v) is 6.28. The van der Waals surface area contributed by atoms with E-state index in [0.717, 1.165) is 22.1 Å². The molecular formula is C24H23N5O4S. The first-order valence-electron chi connectivity index (χ1n) is 10.7. The Bertz CT molecular complexity index is 1340. The molecule has 0 aliphatic heterocycles. The predicted octanol–water partition coefficient (Wildman–Crippen LogP) is 4.98. The number of aromatic nitrogens is 3. The van der Waals surface area contributed by atoms with Gasteiger partial charge < -0.3 is 14.6 Å². The third-order valence-electron chi connectivity index (χ3n) is 5.31. The summed E-state index contributed by atoms with van der Waals surface area (Å²) in [6.07, 6.45) is 0. The highest BCUT2D eigenvalue weighted by Gasteiger charge is 2.15. The fraction of sp³-hybridized carbons (Fsp3) is 0.208. The Balaban J connectivity index is 1.37. The van der Waals surface area contributed by atoms with E-state index in [0.29, 0.717) is 23.2 Å². The molecule has 9 nitrogen and oxygen atoms in total. The SMILES string of the molecule is CCn1c(COc2ccc3ccccc3c2C)nnc1SCC(=O)Nc1ccc([N+](=O)[O-])cc1. The van der Waals surface area contributed by atoms with Crippen LogP contribution in [0.5, 0.6) is 5.75 Å². The highest BCUT2D eigenvalue weighted by Crippen LogP contribution is 2.28. The number of rotatable bonds is 9. The minimum atomic E-state index is -0.484. The van der Waals surface area contributed by atoms with E-state index in [9.17, 15) is 14.9 Å². The largest absolute Gasteiger partial charge is 0.485 e. The van der Waals surface area contributed by atoms with Crippen molar-refractivity contribution >= 4 is 39.8 Å². The van der Waals surface area contributed by atoms with Crippen LogP contribution in [-0.4, -0.2) is 31.3 Å². The number of benzene rings is 3. The molecule has 4 rings (SSSR count). The van der Waals surface area contributed by atoms with Gasteiger partial charge in [-0.2, -0.15) is 0 Å². The van der Waals surface area contributed by atoms with Gasteiger partial charge in [0, 0.05) is 24.4 Å². The lowest BCUT2D eigenvalue weighted by Crippen LogP contribution is -2.15. The normalized spacial score (nSPS) is 10.9. The molecule has 0 fully saturated rings. The van der Waals surface area contributed by atoms with E-state index in [1.165, 1.54) is 36.0 Å². The Labute approximate surface area is 200 Å². The Morgan fingerprint density at radius 2 is 1.88 bits per heavy atom. The van der Waals surface area contributed by atoms with E-state index in [1.54, 1.807) is 0 Å². The lowest BCUT2D eigenvalue weighted by atomic mass is 10.0. The van der Waals surface area contributed by atoms with E-state index in [-0.39, 0.29) is 24.0 Å². The number of carbonyl (C=O) groups excluding carboxylic acids is 1. The van der Waals surface area contributed by atoms with Gasteiger partial charge in [0.25, 0.3) is 5.69 Å². The van der Waals surface area contributed by atoms with Crippen molar-refractivity contribution < 1.29 is 14.5 Å². The summed E-state index contributed by atoms with van der Waals surface area (Å²) in [5, 5.41) is 24.9. The zero-order valence-electron chi connectivity index (χ0n) is 18.7. The molecule has 1 amide bonds. The first kappa shape index (κ1) is 23.2. The van der Waals surface area contributed by atoms with Crippen LogP contribution < -0.4 is 10.1 Å². The lowest BCUT2D eigenvalue weighted by molar-refractivity contribution is -0.384. The Morgan fingerprint density at radius 1 is 1.12 bits per heavy atom. The Hall–Kier alpha value is -3.92. The minimum absolute atomic E-state index is 0.0305. The maximum absolute atomic E-state index is 12.3. The zero-order chi connectivity index (χ0) is 24.1. The molecule has 0 unspecified atom stereocenters. The molecule has 0 aliphatic carbocycles. The van der Waals surface area contributed by atoms with Crippen molar-refractivity contribution in [2.24, 2.45) is 0 Å². The van der Waals surface area contributed by atoms with Crippen molar-refractivity contribution in [3.8, 4) is 5.75 Å². The molecule has 34 heavy (non-hydrogen) atoms. The van der Waals surface area contributed by atoms with Crippen LogP contribution in [-0.2, 0) is 17.9 Å². The van der Waals surface area contributed by atoms with Crippen molar-refractivity contribution in [1.82, 2.24) is 14.8 Å². The summed E-state index contributed by atoms with van der Waals surface area (Å²) < 4.78 is 7.97. The highest BCUT2D eigenvalue weighted by atomic mass is 32.2. The van der Waals surface area contributed by atoms with E-state index in [2.05, 4.69) is 27.6 Å². The number of fused-ring (bicyclic) bond motifs is 1. The van der Waals surface area contributed by atoms with E-state index in [4.69, 9.17) is 4.74 Å². The number of nitro groups is 1. The summed E-state index contributed by atoms with van der Waals surface area (Å²) in [6.45, 7) is 4.91. The molecule has 0 saturated carbocycles. The van der Waals surface area contributed by atoms with Crippen LogP contribution in [0, 0.1) is 17.0 Å². The number of carbonyl (C=O) groups is 1. The molecule has 1 N–H and O–H groups in total. The lowest BCUT2D eigenvalue weighted by Gasteiger charge is -2.12. The van der Waals surface area contributed by atoms with Gasteiger partial charge in [0.2, 0.25) is 5.91 Å². The monoisotopic (exact) mass is 477 g/mol. The second kappa shape index (κ2) is 10.3. The molecule has 0 aliphatic rings. The predicted molar refractivity (Wildman–Crippen MR) is 131 cm³/mol. The van der Waals surface area contributed by atoms with Crippen LogP contribution in [0.15, 0.2) is 65.8 Å². The van der Waals surface area contributed by atoms with Crippen LogP contribution in [0.25, 0.3) is 10.8 Å². The second-order valence-electron chi connectivity index (χ2n) is 7.48. The zero-order valence-corrected chi connectivity index (χ0v) is 19.5. The summed E-state index contributed by atoms with van der Waals surface area (Å²) >= 11 is 1.27. The number of nitro benzene ring substituents is 1. The number of ether oxygens (including phenoxy) is 1. The third kappa shape index (κ3) is 5.18. The number of hydrogen-bond donors (Lipinski definition) is 1. The molecule has 0 spiro atoms. The summed E-state index contributed by atoms with van der Waals surface area (Å²) in [7, 11) is 0. The average Bonchev–Trinajstić information content (AvgIpc) is 3.24. The van der Waals surface area contributed by atoms with Gasteiger partial charge in [0.05, 0.1) is 10.7 Å². The van der Waals surface area contributed by atoms with Gasteiger partial charge in [0.1, 0.15) is 12.4 Å². The molecule has 10 heteroatoms. The van der Waals surface area contributed by atoms with Gasteiger partial charge in [-0.05, 0) is 48.4 Å². The fourth-order valence-corrected chi connectivity index (χ4v) is 4.37. The van der Waals surface area contributed by atoms with Crippen LogP contribution in [0.3, 0.4) is 0 Å². The molecular weight excluding hydrogens is 454 g/mol. The highest BCUT2D eigenvalue weighted by molar-refractivity contribution is 7.99. The Morgan fingerprint density at radius 3 is 2.62 bits per heavy atom. The van der Waals surface area contributed by atoms with Gasteiger partial charge in [-0.3, -0.25) is 14.9 Å². The summed E-state index contributed by atoms with van der Waals surface area (Å²) in [4.78, 5) is 22.6. The quantitative estimate of drug-likeness (QED) is 0.206. The van der Waals surface area contributed by atoms with Gasteiger partial charge in [-0.25, -0.2) is 0 Å². The number of nitrogens with one attached hydrogen (secondary N) is 1. The number of anilines is 1. The van der Waals surface area contributed by atoms with Gasteiger partial charge >= 0.3 is 0 Å². The topological polar surface area (TPSA) is 112 Å². The van der Waals surface area contributed by atoms with Crippen molar-refractivity contribution in [3.05, 3.63) is 82.2 Å². The summed E-state index contributed by atoms with van der Waals surface area (Å²) in [6, 6.07) is 17.9. The number of thioether (sulfide) groups is 1. The molecule has 0 saturated heterocycles. The second-order valence-corrected chi connectivity index (χ2v) is 8.42. The minimum Gasteiger partial charge on any atom is -0.485 e. The first-order valence-corrected chi connectivity index (χ1v) is 11.6. The number of hydrogen-bond acceptors (Lipinski definition) is 7. The number of nitrogens with zero attached hydrogens (tertiary/aromatic N) is 4. The number of amides is 1. The summed E-state index contributed by atoms with van der Waals surface area (Å²) in [5.41, 5.74) is 1.53. The van der Waals surface area contributed by atoms with Crippen LogP contribution in [0.2, 0.25) is 0 Å². The molecule has 1 aromatic heterocycles. The van der Waals surface area contributed by atoms with Gasteiger partial charge in [-0.15, -0.1) is 10.2 Å². The van der Waals surface area contributed by atoms with Crippen LogP contribution in [0.1, 0.15) is 18.3 Å². The maximum Gasteiger partial charge on any atom is 0.269 e. The van der Waals surface area contributed by atoms with Crippen molar-refractivity contribution in [2.45, 2.75) is 32.2 Å². The first-order chi connectivity index (χ1) is 16.5. The van der Waals surface area contributed by atoms with Crippen molar-refractivity contribution in [2.75, 3.05) is 11.1 Å². The van der Waals surface area contributed by atoms with Crippen molar-refractivity contribution in [3.63, 3.8) is 0 Å².